The molecule has 0 heterocycles. The molecule has 1 aromatic rings. The minimum atomic E-state index is -0.886. The average molecular weight is 286 g/mol. The molecular formula is C18H26N2O. The minimum absolute atomic E-state index is 0.0539. The summed E-state index contributed by atoms with van der Waals surface area (Å²) in [5.74, 6) is -0.0539. The van der Waals surface area contributed by atoms with Crippen molar-refractivity contribution >= 4 is 11.6 Å². The van der Waals surface area contributed by atoms with Gasteiger partial charge in [-0.25, -0.2) is 0 Å². The molecule has 1 aromatic carbocycles. The van der Waals surface area contributed by atoms with Crippen molar-refractivity contribution in [3.05, 3.63) is 29.8 Å². The Labute approximate surface area is 128 Å². The zero-order valence-corrected chi connectivity index (χ0v) is 13.6. The van der Waals surface area contributed by atoms with Crippen molar-refractivity contribution < 1.29 is 4.79 Å². The van der Waals surface area contributed by atoms with E-state index in [1.54, 1.807) is 4.90 Å². The molecule has 0 aliphatic carbocycles. The van der Waals surface area contributed by atoms with Gasteiger partial charge in [0.25, 0.3) is 0 Å². The number of carbonyl (C=O) groups is 1. The third-order valence-corrected chi connectivity index (χ3v) is 3.85. The quantitative estimate of drug-likeness (QED) is 0.743. The lowest BCUT2D eigenvalue weighted by Gasteiger charge is -2.32. The summed E-state index contributed by atoms with van der Waals surface area (Å²) in [4.78, 5) is 14.8. The molecule has 0 aliphatic heterocycles. The second-order valence-corrected chi connectivity index (χ2v) is 5.58. The maximum absolute atomic E-state index is 13.0. The van der Waals surface area contributed by atoms with Gasteiger partial charge in [0.1, 0.15) is 5.41 Å². The molecule has 114 valence electrons. The van der Waals surface area contributed by atoms with Crippen LogP contribution < -0.4 is 4.90 Å². The van der Waals surface area contributed by atoms with E-state index in [0.717, 1.165) is 24.1 Å². The molecule has 0 aromatic heterocycles. The predicted octanol–water partition coefficient (Wildman–Crippen LogP) is 4.46. The number of hydrogen-bond donors (Lipinski definition) is 0. The number of rotatable bonds is 7. The van der Waals surface area contributed by atoms with Crippen LogP contribution in [0.4, 0.5) is 5.69 Å². The average Bonchev–Trinajstić information content (AvgIpc) is 2.47. The van der Waals surface area contributed by atoms with Gasteiger partial charge in [-0.2, -0.15) is 5.26 Å². The number of hydrogen-bond acceptors (Lipinski definition) is 2. The van der Waals surface area contributed by atoms with Crippen LogP contribution in [0.1, 0.15) is 52.0 Å². The first-order chi connectivity index (χ1) is 10.0. The molecule has 0 radical (unpaired) electrons. The summed E-state index contributed by atoms with van der Waals surface area (Å²) in [6.07, 6.45) is 2.92. The van der Waals surface area contributed by atoms with Crippen LogP contribution in [0.3, 0.4) is 0 Å². The Kier molecular flexibility index (Phi) is 6.42. The van der Waals surface area contributed by atoms with Gasteiger partial charge < -0.3 is 4.90 Å². The van der Waals surface area contributed by atoms with Gasteiger partial charge in [-0.15, -0.1) is 0 Å². The van der Waals surface area contributed by atoms with E-state index in [1.165, 1.54) is 0 Å². The van der Waals surface area contributed by atoms with Crippen molar-refractivity contribution in [3.63, 3.8) is 0 Å². The van der Waals surface area contributed by atoms with Crippen molar-refractivity contribution in [2.75, 3.05) is 11.4 Å². The Morgan fingerprint density at radius 3 is 2.29 bits per heavy atom. The molecule has 0 saturated heterocycles. The van der Waals surface area contributed by atoms with Gasteiger partial charge in [0.05, 0.1) is 6.07 Å². The molecule has 0 saturated carbocycles. The van der Waals surface area contributed by atoms with E-state index in [4.69, 9.17) is 0 Å². The Morgan fingerprint density at radius 2 is 1.86 bits per heavy atom. The molecule has 0 spiro atoms. The van der Waals surface area contributed by atoms with Crippen molar-refractivity contribution in [3.8, 4) is 6.07 Å². The highest BCUT2D eigenvalue weighted by atomic mass is 16.2. The van der Waals surface area contributed by atoms with Crippen LogP contribution in [-0.4, -0.2) is 12.5 Å². The second kappa shape index (κ2) is 7.83. The van der Waals surface area contributed by atoms with E-state index >= 15 is 0 Å². The van der Waals surface area contributed by atoms with E-state index in [-0.39, 0.29) is 5.91 Å². The van der Waals surface area contributed by atoms with Crippen LogP contribution in [0.2, 0.25) is 0 Å². The van der Waals surface area contributed by atoms with E-state index < -0.39 is 5.41 Å². The highest BCUT2D eigenvalue weighted by Gasteiger charge is 2.40. The Bertz CT molecular complexity index is 510. The Morgan fingerprint density at radius 1 is 1.24 bits per heavy atom. The molecule has 0 fully saturated rings. The fourth-order valence-electron chi connectivity index (χ4n) is 2.85. The van der Waals surface area contributed by atoms with Crippen LogP contribution in [0.15, 0.2) is 24.3 Å². The zero-order chi connectivity index (χ0) is 15.9. The van der Waals surface area contributed by atoms with Crippen molar-refractivity contribution in [2.24, 2.45) is 5.41 Å². The lowest BCUT2D eigenvalue weighted by Crippen LogP contribution is -2.43. The number of aryl methyl sites for hydroxylation is 1. The molecule has 0 N–H and O–H groups in total. The third kappa shape index (κ3) is 3.85. The molecule has 3 nitrogen and oxygen atoms in total. The van der Waals surface area contributed by atoms with Gasteiger partial charge in [0, 0.05) is 12.2 Å². The summed E-state index contributed by atoms with van der Waals surface area (Å²) in [5.41, 5.74) is 1.12. The summed E-state index contributed by atoms with van der Waals surface area (Å²) in [5, 5.41) is 9.66. The van der Waals surface area contributed by atoms with Gasteiger partial charge in [-0.05, 0) is 44.4 Å². The summed E-state index contributed by atoms with van der Waals surface area (Å²) < 4.78 is 0. The summed E-state index contributed by atoms with van der Waals surface area (Å²) in [6.45, 7) is 8.60. The van der Waals surface area contributed by atoms with Crippen molar-refractivity contribution in [2.45, 2.75) is 53.4 Å². The molecule has 21 heavy (non-hydrogen) atoms. The molecule has 3 heteroatoms. The molecule has 0 bridgehead atoms. The van der Waals surface area contributed by atoms with Gasteiger partial charge in [-0.3, -0.25) is 4.79 Å². The molecule has 0 aliphatic rings. The standard InChI is InChI=1S/C18H26N2O/c1-5-11-18(14-19,12-6-2)17(21)20(7-3)16-10-8-9-15(4)13-16/h8-10,13H,5-7,11-12H2,1-4H3. The maximum atomic E-state index is 13.0. The molecule has 0 unspecified atom stereocenters. The zero-order valence-electron chi connectivity index (χ0n) is 13.6. The highest BCUT2D eigenvalue weighted by molar-refractivity contribution is 5.99. The topological polar surface area (TPSA) is 44.1 Å². The van der Waals surface area contributed by atoms with Crippen molar-refractivity contribution in [1.29, 1.82) is 5.26 Å². The summed E-state index contributed by atoms with van der Waals surface area (Å²) >= 11 is 0. The van der Waals surface area contributed by atoms with Crippen LogP contribution in [0, 0.1) is 23.7 Å². The first-order valence-corrected chi connectivity index (χ1v) is 7.84. The first kappa shape index (κ1) is 17.2. The Hall–Kier alpha value is -1.82. The van der Waals surface area contributed by atoms with E-state index in [9.17, 15) is 10.1 Å². The number of amides is 1. The lowest BCUT2D eigenvalue weighted by molar-refractivity contribution is -0.126. The van der Waals surface area contributed by atoms with Gasteiger partial charge in [0.2, 0.25) is 5.91 Å². The molecular weight excluding hydrogens is 260 g/mol. The monoisotopic (exact) mass is 286 g/mol. The summed E-state index contributed by atoms with van der Waals surface area (Å²) in [7, 11) is 0. The normalized spacial score (nSPS) is 11.0. The first-order valence-electron chi connectivity index (χ1n) is 7.84. The Balaban J connectivity index is 3.19. The second-order valence-electron chi connectivity index (χ2n) is 5.58. The summed E-state index contributed by atoms with van der Waals surface area (Å²) in [6, 6.07) is 10.2. The lowest BCUT2D eigenvalue weighted by atomic mass is 9.79. The third-order valence-electron chi connectivity index (χ3n) is 3.85. The van der Waals surface area contributed by atoms with Gasteiger partial charge in [-0.1, -0.05) is 38.8 Å². The molecule has 1 amide bonds. The van der Waals surface area contributed by atoms with Crippen molar-refractivity contribution in [1.82, 2.24) is 0 Å². The van der Waals surface area contributed by atoms with E-state index in [0.29, 0.717) is 19.4 Å². The molecule has 1 rings (SSSR count). The van der Waals surface area contributed by atoms with E-state index in [1.807, 2.05) is 52.0 Å². The fraction of sp³-hybridized carbons (Fsp3) is 0.556. The minimum Gasteiger partial charge on any atom is -0.311 e. The number of benzene rings is 1. The number of anilines is 1. The number of nitriles is 1. The van der Waals surface area contributed by atoms with Gasteiger partial charge >= 0.3 is 0 Å². The van der Waals surface area contributed by atoms with Gasteiger partial charge in [0.15, 0.2) is 0 Å². The SMILES string of the molecule is CCCC(C#N)(CCC)C(=O)N(CC)c1cccc(C)c1. The smallest absolute Gasteiger partial charge is 0.247 e. The van der Waals surface area contributed by atoms with E-state index in [2.05, 4.69) is 6.07 Å². The predicted molar refractivity (Wildman–Crippen MR) is 87.1 cm³/mol. The number of carbonyl (C=O) groups excluding carboxylic acids is 1. The largest absolute Gasteiger partial charge is 0.311 e. The highest BCUT2D eigenvalue weighted by Crippen LogP contribution is 2.33. The number of nitrogens with zero attached hydrogens (tertiary/aromatic N) is 2. The fourth-order valence-corrected chi connectivity index (χ4v) is 2.85. The van der Waals surface area contributed by atoms with Crippen LogP contribution >= 0.6 is 0 Å². The van der Waals surface area contributed by atoms with Crippen LogP contribution in [-0.2, 0) is 4.79 Å². The molecule has 0 atom stereocenters. The maximum Gasteiger partial charge on any atom is 0.247 e. The van der Waals surface area contributed by atoms with Crippen LogP contribution in [0.25, 0.3) is 0 Å². The van der Waals surface area contributed by atoms with Crippen LogP contribution in [0.5, 0.6) is 0 Å².